The zero-order valence-electron chi connectivity index (χ0n) is 35.2. The number of rotatable bonds is 10. The number of carbonyl (C=O) groups excluding carboxylic acids is 6. The molecule has 3 amide bonds. The van der Waals surface area contributed by atoms with Crippen molar-refractivity contribution in [3.05, 3.63) is 108 Å². The molecule has 1 aliphatic heterocycles. The van der Waals surface area contributed by atoms with Crippen LogP contribution in [0, 0.1) is 17.8 Å². The zero-order chi connectivity index (χ0) is 42.7. The van der Waals surface area contributed by atoms with E-state index in [0.717, 1.165) is 16.7 Å². The summed E-state index contributed by atoms with van der Waals surface area (Å²) in [6, 6.07) is 23.5. The van der Waals surface area contributed by atoms with Crippen LogP contribution in [0.3, 0.4) is 0 Å². The minimum atomic E-state index is -1.36. The summed E-state index contributed by atoms with van der Waals surface area (Å²) in [6.07, 6.45) is -3.53. The van der Waals surface area contributed by atoms with Gasteiger partial charge in [-0.2, -0.15) is 0 Å². The number of benzene rings is 3. The number of esters is 3. The number of cyclic esters (lactones) is 3. The van der Waals surface area contributed by atoms with Crippen LogP contribution < -0.4 is 0 Å². The summed E-state index contributed by atoms with van der Waals surface area (Å²) < 4.78 is 18.2. The lowest BCUT2D eigenvalue weighted by Gasteiger charge is -2.37. The fourth-order valence-corrected chi connectivity index (χ4v) is 6.89. The number of hydrogen-bond acceptors (Lipinski definition) is 9. The van der Waals surface area contributed by atoms with E-state index in [0.29, 0.717) is 6.42 Å². The molecule has 0 bridgehead atoms. The Morgan fingerprint density at radius 1 is 0.448 bits per heavy atom. The maximum atomic E-state index is 14.6. The van der Waals surface area contributed by atoms with Crippen LogP contribution in [0.25, 0.3) is 0 Å². The summed E-state index contributed by atoms with van der Waals surface area (Å²) in [4.78, 5) is 90.4. The molecule has 312 valence electrons. The normalized spacial score (nSPS) is 23.9. The van der Waals surface area contributed by atoms with Crippen molar-refractivity contribution in [3.63, 3.8) is 0 Å². The van der Waals surface area contributed by atoms with Crippen LogP contribution in [0.5, 0.6) is 0 Å². The van der Waals surface area contributed by atoms with E-state index in [-0.39, 0.29) is 19.3 Å². The number of amides is 3. The maximum Gasteiger partial charge on any atom is 0.329 e. The van der Waals surface area contributed by atoms with Gasteiger partial charge in [-0.25, -0.2) is 14.4 Å². The number of carbonyl (C=O) groups is 6. The van der Waals surface area contributed by atoms with E-state index in [4.69, 9.17) is 14.2 Å². The van der Waals surface area contributed by atoms with Crippen LogP contribution in [0.4, 0.5) is 0 Å². The van der Waals surface area contributed by atoms with Gasteiger partial charge in [0.1, 0.15) is 18.1 Å². The Hall–Kier alpha value is -5.52. The molecular formula is C46H59N3O9. The summed E-state index contributed by atoms with van der Waals surface area (Å²) in [5.41, 5.74) is 2.17. The maximum absolute atomic E-state index is 14.6. The molecule has 0 aliphatic carbocycles. The highest BCUT2D eigenvalue weighted by atomic mass is 16.6. The summed E-state index contributed by atoms with van der Waals surface area (Å²) in [6.45, 7) is 10.5. The van der Waals surface area contributed by atoms with Crippen molar-refractivity contribution in [1.29, 1.82) is 0 Å². The van der Waals surface area contributed by atoms with E-state index in [1.54, 1.807) is 46.8 Å². The Labute approximate surface area is 342 Å². The van der Waals surface area contributed by atoms with E-state index < -0.39 is 89.8 Å². The molecule has 12 nitrogen and oxygen atoms in total. The molecule has 1 saturated heterocycles. The standard InChI is InChI=1S/C46H59N3O9/c1-10-31(6)40-43(52)49(9)36(27-33-22-16-12-17-23-33)45(54)57-38(29(2)3)41(50)47(7)35(26-32-20-14-11-15-21-32)44(53)56-39(30(4)5)42(51)48(8)37(46(55)58-40)28-34-24-18-13-19-25-34/h11-25,29-31,35-40H,10,26-28H2,1-9H3/t31-,35-,36-,37-,38+,39+,40+/m0/s1. The molecule has 0 N–H and O–H groups in total. The van der Waals surface area contributed by atoms with Crippen molar-refractivity contribution in [1.82, 2.24) is 14.7 Å². The van der Waals surface area contributed by atoms with Crippen LogP contribution in [-0.4, -0.2) is 108 Å². The minimum Gasteiger partial charge on any atom is -0.450 e. The summed E-state index contributed by atoms with van der Waals surface area (Å²) in [7, 11) is 4.34. The first-order valence-corrected chi connectivity index (χ1v) is 20.1. The predicted molar refractivity (Wildman–Crippen MR) is 219 cm³/mol. The highest BCUT2D eigenvalue weighted by molar-refractivity contribution is 5.94. The van der Waals surface area contributed by atoms with Gasteiger partial charge in [0.25, 0.3) is 17.7 Å². The van der Waals surface area contributed by atoms with E-state index in [1.165, 1.54) is 35.8 Å². The van der Waals surface area contributed by atoms with Crippen molar-refractivity contribution < 1.29 is 43.0 Å². The summed E-state index contributed by atoms with van der Waals surface area (Å²) >= 11 is 0. The molecule has 0 spiro atoms. The van der Waals surface area contributed by atoms with Crippen molar-refractivity contribution in [2.24, 2.45) is 17.8 Å². The zero-order valence-corrected chi connectivity index (χ0v) is 35.2. The molecule has 7 atom stereocenters. The SMILES string of the molecule is CC[C@H](C)[C@H]1OC(=O)[C@H](Cc2ccccc2)N(C)C(=O)[C@@H](C(C)C)OC(=O)[C@H](Cc2ccccc2)N(C)C(=O)[C@@H](C(C)C)OC(=O)[C@H](Cc2ccccc2)N(C)C1=O. The van der Waals surface area contributed by atoms with Gasteiger partial charge in [0.15, 0.2) is 18.3 Å². The van der Waals surface area contributed by atoms with Gasteiger partial charge < -0.3 is 28.9 Å². The number of likely N-dealkylation sites (N-methyl/N-ethyl adjacent to an activating group) is 3. The third-order valence-corrected chi connectivity index (χ3v) is 10.9. The summed E-state index contributed by atoms with van der Waals surface area (Å²) in [5, 5.41) is 0. The number of hydrogen-bond donors (Lipinski definition) is 0. The lowest BCUT2D eigenvalue weighted by atomic mass is 9.97. The molecule has 3 aromatic carbocycles. The van der Waals surface area contributed by atoms with Crippen LogP contribution in [-0.2, 0) is 62.2 Å². The van der Waals surface area contributed by atoms with Crippen molar-refractivity contribution in [3.8, 4) is 0 Å². The van der Waals surface area contributed by atoms with Gasteiger partial charge in [0, 0.05) is 46.3 Å². The van der Waals surface area contributed by atoms with Gasteiger partial charge in [-0.05, 0) is 34.9 Å². The van der Waals surface area contributed by atoms with Crippen LogP contribution in [0.2, 0.25) is 0 Å². The average Bonchev–Trinajstić information content (AvgIpc) is 3.22. The lowest BCUT2D eigenvalue weighted by molar-refractivity contribution is -0.179. The third kappa shape index (κ3) is 11.3. The van der Waals surface area contributed by atoms with E-state index in [1.807, 2.05) is 85.8 Å². The monoisotopic (exact) mass is 797 g/mol. The third-order valence-electron chi connectivity index (χ3n) is 10.9. The second-order valence-corrected chi connectivity index (χ2v) is 15.9. The molecule has 0 saturated carbocycles. The quantitative estimate of drug-likeness (QED) is 0.198. The lowest BCUT2D eigenvalue weighted by Crippen LogP contribution is -2.57. The molecule has 1 heterocycles. The largest absolute Gasteiger partial charge is 0.450 e. The molecule has 0 unspecified atom stereocenters. The van der Waals surface area contributed by atoms with Crippen LogP contribution in [0.15, 0.2) is 91.0 Å². The molecular weight excluding hydrogens is 739 g/mol. The fraction of sp³-hybridized carbons (Fsp3) is 0.478. The Kier molecular flexibility index (Phi) is 16.2. The Bertz CT molecular complexity index is 1810. The number of nitrogens with zero attached hydrogens (tertiary/aromatic N) is 3. The Morgan fingerprint density at radius 3 is 0.966 bits per heavy atom. The fourth-order valence-electron chi connectivity index (χ4n) is 6.89. The molecule has 1 aliphatic rings. The predicted octanol–water partition coefficient (Wildman–Crippen LogP) is 5.30. The second kappa shape index (κ2) is 20.8. The molecule has 0 radical (unpaired) electrons. The highest BCUT2D eigenvalue weighted by Crippen LogP contribution is 2.25. The first-order chi connectivity index (χ1) is 27.5. The highest BCUT2D eigenvalue weighted by Gasteiger charge is 2.44. The molecule has 1 fully saturated rings. The van der Waals surface area contributed by atoms with Gasteiger partial charge in [-0.15, -0.1) is 0 Å². The Balaban J connectivity index is 1.90. The molecule has 0 aromatic heterocycles. The van der Waals surface area contributed by atoms with Crippen molar-refractivity contribution >= 4 is 35.6 Å². The number of ether oxygens (including phenoxy) is 3. The molecule has 4 rings (SSSR count). The molecule has 58 heavy (non-hydrogen) atoms. The molecule has 12 heteroatoms. The van der Waals surface area contributed by atoms with Crippen molar-refractivity contribution in [2.75, 3.05) is 21.1 Å². The van der Waals surface area contributed by atoms with Gasteiger partial charge in [0.05, 0.1) is 0 Å². The summed E-state index contributed by atoms with van der Waals surface area (Å²) in [5.74, 6) is -6.09. The first kappa shape index (κ1) is 45.2. The topological polar surface area (TPSA) is 140 Å². The average molecular weight is 798 g/mol. The second-order valence-electron chi connectivity index (χ2n) is 15.9. The van der Waals surface area contributed by atoms with E-state index in [9.17, 15) is 28.8 Å². The van der Waals surface area contributed by atoms with E-state index in [2.05, 4.69) is 0 Å². The van der Waals surface area contributed by atoms with Crippen LogP contribution >= 0.6 is 0 Å². The first-order valence-electron chi connectivity index (χ1n) is 20.1. The van der Waals surface area contributed by atoms with Gasteiger partial charge in [-0.1, -0.05) is 133 Å². The molecule has 3 aromatic rings. The van der Waals surface area contributed by atoms with Gasteiger partial charge in [-0.3, -0.25) is 14.4 Å². The van der Waals surface area contributed by atoms with Gasteiger partial charge in [0.2, 0.25) is 0 Å². The van der Waals surface area contributed by atoms with Crippen LogP contribution in [0.1, 0.15) is 64.7 Å². The van der Waals surface area contributed by atoms with Crippen molar-refractivity contribution in [2.45, 2.75) is 104 Å². The van der Waals surface area contributed by atoms with E-state index >= 15 is 0 Å². The smallest absolute Gasteiger partial charge is 0.329 e. The van der Waals surface area contributed by atoms with Gasteiger partial charge >= 0.3 is 17.9 Å². The minimum absolute atomic E-state index is 0.0311. The Morgan fingerprint density at radius 2 is 0.707 bits per heavy atom.